The van der Waals surface area contributed by atoms with Gasteiger partial charge >= 0.3 is 11.0 Å². The lowest BCUT2D eigenvalue weighted by molar-refractivity contribution is -0.908. The lowest BCUT2D eigenvalue weighted by atomic mass is 10.2. The van der Waals surface area contributed by atoms with Gasteiger partial charge in [-0.05, 0) is 26.2 Å². The Hall–Kier alpha value is -0.600. The summed E-state index contributed by atoms with van der Waals surface area (Å²) >= 11 is 0. The topological polar surface area (TPSA) is 82.4 Å². The molecule has 0 aromatic rings. The smallest absolute Gasteiger partial charge is 0.421 e. The van der Waals surface area contributed by atoms with Gasteiger partial charge in [-0.15, -0.1) is 0 Å². The summed E-state index contributed by atoms with van der Waals surface area (Å²) in [4.78, 5) is 0. The van der Waals surface area contributed by atoms with Crippen LogP contribution < -0.4 is 0 Å². The number of hydrogen-bond acceptors (Lipinski definition) is 4. The highest BCUT2D eigenvalue weighted by molar-refractivity contribution is 8.13. The second-order valence-corrected chi connectivity index (χ2v) is 9.43. The first-order valence-electron chi connectivity index (χ1n) is 8.09. The summed E-state index contributed by atoms with van der Waals surface area (Å²) < 4.78 is 110. The normalized spacial score (nSPS) is 15.6. The Morgan fingerprint density at radius 1 is 0.741 bits per heavy atom. The van der Waals surface area contributed by atoms with Gasteiger partial charge in [0.05, 0.1) is 26.7 Å². The first-order valence-corrected chi connectivity index (χ1v) is 11.0. The van der Waals surface area contributed by atoms with Crippen LogP contribution in [0.5, 0.6) is 0 Å². The number of hydrogen-bond donors (Lipinski definition) is 0. The van der Waals surface area contributed by atoms with E-state index in [4.69, 9.17) is 0 Å². The minimum atomic E-state index is -6.72. The van der Waals surface area contributed by atoms with E-state index < -0.39 is 31.1 Å². The van der Waals surface area contributed by atoms with Crippen molar-refractivity contribution in [1.29, 1.82) is 0 Å². The number of sulfonamides is 2. The minimum Gasteiger partial charge on any atom is -0.421 e. The molecule has 0 fully saturated rings. The van der Waals surface area contributed by atoms with E-state index in [1.54, 1.807) is 0 Å². The van der Waals surface area contributed by atoms with Gasteiger partial charge in [0, 0.05) is 0 Å². The van der Waals surface area contributed by atoms with Crippen molar-refractivity contribution in [1.82, 2.24) is 0 Å². The van der Waals surface area contributed by atoms with Gasteiger partial charge in [-0.2, -0.15) is 26.3 Å². The minimum absolute atomic E-state index is 0.778. The highest BCUT2D eigenvalue weighted by Gasteiger charge is 2.46. The molecule has 0 aliphatic carbocycles. The Labute approximate surface area is 156 Å². The molecule has 166 valence electrons. The molecule has 0 bridgehead atoms. The highest BCUT2D eigenvalue weighted by atomic mass is 32.3. The predicted octanol–water partition coefficient (Wildman–Crippen LogP) is 4.11. The summed E-state index contributed by atoms with van der Waals surface area (Å²) in [7, 11) is -11.1. The molecular formula is C13H26F6N2O4S2. The average molecular weight is 452 g/mol. The molecule has 1 unspecified atom stereocenters. The zero-order valence-corrected chi connectivity index (χ0v) is 17.2. The van der Waals surface area contributed by atoms with Crippen LogP contribution in [-0.4, -0.2) is 59.0 Å². The molecule has 0 aromatic heterocycles. The van der Waals surface area contributed by atoms with E-state index in [0.717, 1.165) is 4.13 Å². The van der Waals surface area contributed by atoms with Crippen LogP contribution in [0.2, 0.25) is 0 Å². The van der Waals surface area contributed by atoms with E-state index in [-0.39, 0.29) is 0 Å². The van der Waals surface area contributed by atoms with E-state index in [9.17, 15) is 43.2 Å². The molecule has 14 heteroatoms. The zero-order chi connectivity index (χ0) is 22.2. The fraction of sp³-hybridized carbons (Fsp3) is 1.00. The molecule has 0 aromatic carbocycles. The molecule has 1 atom stereocenters. The Morgan fingerprint density at radius 3 is 1.41 bits per heavy atom. The molecule has 0 rings (SSSR count). The van der Waals surface area contributed by atoms with Crippen LogP contribution in [-0.2, 0) is 20.0 Å². The van der Waals surface area contributed by atoms with Gasteiger partial charge in [-0.1, -0.05) is 20.3 Å². The van der Waals surface area contributed by atoms with Gasteiger partial charge < -0.3 is 8.61 Å². The fourth-order valence-electron chi connectivity index (χ4n) is 1.93. The maximum Gasteiger partial charge on any atom is 0.480 e. The molecule has 0 aliphatic rings. The molecule has 0 amide bonds. The molecule has 0 radical (unpaired) electrons. The number of unbranched alkanes of at least 4 members (excludes halogenated alkanes) is 2. The summed E-state index contributed by atoms with van der Waals surface area (Å²) in [6.45, 7) is 10.9. The number of quaternary nitrogens is 1. The van der Waals surface area contributed by atoms with E-state index in [1.807, 2.05) is 0 Å². The maximum absolute atomic E-state index is 11.4. The van der Waals surface area contributed by atoms with Crippen molar-refractivity contribution in [2.24, 2.45) is 0 Å². The van der Waals surface area contributed by atoms with Gasteiger partial charge in [0.15, 0.2) is 20.0 Å². The van der Waals surface area contributed by atoms with Crippen LogP contribution in [0.15, 0.2) is 0 Å². The van der Waals surface area contributed by atoms with E-state index >= 15 is 0 Å². The average Bonchev–Trinajstić information content (AvgIpc) is 2.45. The highest BCUT2D eigenvalue weighted by Crippen LogP contribution is 2.36. The molecular weight excluding hydrogens is 426 g/mol. The molecule has 0 saturated carbocycles. The Kier molecular flexibility index (Phi) is 11.5. The van der Waals surface area contributed by atoms with Crippen molar-refractivity contribution in [3.05, 3.63) is 4.13 Å². The Bertz CT molecular complexity index is 590. The van der Waals surface area contributed by atoms with Crippen molar-refractivity contribution in [3.63, 3.8) is 0 Å². The molecule has 6 nitrogen and oxygen atoms in total. The third kappa shape index (κ3) is 10.5. The van der Waals surface area contributed by atoms with Gasteiger partial charge in [0.1, 0.15) is 0 Å². The zero-order valence-electron chi connectivity index (χ0n) is 15.6. The second-order valence-electron chi connectivity index (χ2n) is 6.01. The second kappa shape index (κ2) is 10.8. The SMILES string of the molecule is CCCCC[N+](C)(CC)CCC.O=S(=O)([N-]S(=O)(=O)C(F)(F)F)C(F)(F)F. The first-order chi connectivity index (χ1) is 11.9. The van der Waals surface area contributed by atoms with Gasteiger partial charge in [-0.25, -0.2) is 16.8 Å². The van der Waals surface area contributed by atoms with Crippen molar-refractivity contribution >= 4 is 20.0 Å². The molecule has 0 spiro atoms. The number of alkyl halides is 6. The Balaban J connectivity index is 0. The van der Waals surface area contributed by atoms with Crippen LogP contribution in [0.3, 0.4) is 0 Å². The maximum atomic E-state index is 11.4. The monoisotopic (exact) mass is 452 g/mol. The summed E-state index contributed by atoms with van der Waals surface area (Å²) in [5, 5.41) is 0. The van der Waals surface area contributed by atoms with Crippen LogP contribution in [0.4, 0.5) is 26.3 Å². The standard InChI is InChI=1S/C11H26N.C2F6NO4S2/c1-5-8-9-11-12(4,7-3)10-6-2;3-1(4,5)14(10,11)9-15(12,13)2(6,7)8/h5-11H2,1-4H3;/q+1;-1. The molecule has 0 heterocycles. The third-order valence-corrected chi connectivity index (χ3v) is 6.35. The fourth-order valence-corrected chi connectivity index (χ4v) is 3.63. The van der Waals surface area contributed by atoms with E-state index in [2.05, 4.69) is 27.8 Å². The lowest BCUT2D eigenvalue weighted by Crippen LogP contribution is -2.45. The Morgan fingerprint density at radius 2 is 1.15 bits per heavy atom. The van der Waals surface area contributed by atoms with E-state index in [0.29, 0.717) is 0 Å². The van der Waals surface area contributed by atoms with Gasteiger partial charge in [0.25, 0.3) is 0 Å². The van der Waals surface area contributed by atoms with Gasteiger partial charge in [-0.3, -0.25) is 0 Å². The van der Waals surface area contributed by atoms with E-state index in [1.165, 1.54) is 49.8 Å². The number of halogens is 6. The van der Waals surface area contributed by atoms with Crippen molar-refractivity contribution < 1.29 is 47.7 Å². The van der Waals surface area contributed by atoms with Crippen molar-refractivity contribution in [2.75, 3.05) is 26.7 Å². The van der Waals surface area contributed by atoms with Gasteiger partial charge in [0.2, 0.25) is 0 Å². The van der Waals surface area contributed by atoms with Crippen LogP contribution in [0.25, 0.3) is 4.13 Å². The predicted molar refractivity (Wildman–Crippen MR) is 89.6 cm³/mol. The molecule has 0 saturated heterocycles. The molecule has 0 N–H and O–H groups in total. The molecule has 0 aliphatic heterocycles. The number of rotatable bonds is 9. The van der Waals surface area contributed by atoms with Crippen molar-refractivity contribution in [3.8, 4) is 0 Å². The lowest BCUT2D eigenvalue weighted by Gasteiger charge is -2.33. The van der Waals surface area contributed by atoms with Crippen LogP contribution >= 0.6 is 0 Å². The third-order valence-electron chi connectivity index (χ3n) is 3.61. The first kappa shape index (κ1) is 28.6. The van der Waals surface area contributed by atoms with Crippen LogP contribution in [0.1, 0.15) is 46.5 Å². The molecule has 27 heavy (non-hydrogen) atoms. The number of nitrogens with zero attached hydrogens (tertiary/aromatic N) is 2. The van der Waals surface area contributed by atoms with Crippen LogP contribution in [0, 0.1) is 0 Å². The quantitative estimate of drug-likeness (QED) is 0.299. The largest absolute Gasteiger partial charge is 0.480 e. The summed E-state index contributed by atoms with van der Waals surface area (Å²) in [6, 6.07) is 0. The summed E-state index contributed by atoms with van der Waals surface area (Å²) in [5.74, 6) is 0. The summed E-state index contributed by atoms with van der Waals surface area (Å²) in [6.07, 6.45) is 5.46. The summed E-state index contributed by atoms with van der Waals surface area (Å²) in [5.41, 5.74) is -12.4. The van der Waals surface area contributed by atoms with Crippen molar-refractivity contribution in [2.45, 2.75) is 57.5 Å².